The lowest BCUT2D eigenvalue weighted by Crippen LogP contribution is -2.33. The third kappa shape index (κ3) is 2.90. The molecule has 2 aromatic carbocycles. The zero-order valence-corrected chi connectivity index (χ0v) is 13.8. The Bertz CT molecular complexity index is 793. The van der Waals surface area contributed by atoms with Crippen LogP contribution < -0.4 is 5.32 Å². The van der Waals surface area contributed by atoms with Gasteiger partial charge in [0.25, 0.3) is 11.8 Å². The summed E-state index contributed by atoms with van der Waals surface area (Å²) in [5.41, 5.74) is 2.15. The number of amides is 3. The summed E-state index contributed by atoms with van der Waals surface area (Å²) >= 11 is 6.07. The number of aryl methyl sites for hydroxylation is 1. The van der Waals surface area contributed by atoms with Gasteiger partial charge in [0.2, 0.25) is 5.91 Å². The Morgan fingerprint density at radius 3 is 2.25 bits per heavy atom. The Morgan fingerprint density at radius 2 is 1.67 bits per heavy atom. The van der Waals surface area contributed by atoms with Crippen LogP contribution in [0.15, 0.2) is 42.5 Å². The van der Waals surface area contributed by atoms with E-state index in [2.05, 4.69) is 5.32 Å². The molecule has 1 N–H and O–H groups in total. The van der Waals surface area contributed by atoms with Gasteiger partial charge in [0.05, 0.1) is 21.8 Å². The molecular weight excluding hydrogens is 328 g/mol. The molecule has 0 fully saturated rings. The fourth-order valence-electron chi connectivity index (χ4n) is 2.65. The van der Waals surface area contributed by atoms with E-state index in [1.807, 2.05) is 13.0 Å². The third-order valence-electron chi connectivity index (χ3n) is 3.93. The van der Waals surface area contributed by atoms with Crippen LogP contribution in [-0.4, -0.2) is 29.2 Å². The molecule has 6 heteroatoms. The van der Waals surface area contributed by atoms with Crippen LogP contribution in [0.25, 0.3) is 0 Å². The van der Waals surface area contributed by atoms with E-state index < -0.39 is 0 Å². The lowest BCUT2D eigenvalue weighted by Gasteiger charge is -2.14. The maximum Gasteiger partial charge on any atom is 0.261 e. The Kier molecular flexibility index (Phi) is 4.36. The van der Waals surface area contributed by atoms with Gasteiger partial charge in [-0.25, -0.2) is 0 Å². The first-order chi connectivity index (χ1) is 11.5. The maximum absolute atomic E-state index is 12.2. The van der Waals surface area contributed by atoms with Crippen LogP contribution in [0.5, 0.6) is 0 Å². The number of rotatable bonds is 4. The average molecular weight is 343 g/mol. The lowest BCUT2D eigenvalue weighted by atomic mass is 10.1. The summed E-state index contributed by atoms with van der Waals surface area (Å²) in [5, 5.41) is 3.18. The van der Waals surface area contributed by atoms with E-state index in [1.54, 1.807) is 36.4 Å². The van der Waals surface area contributed by atoms with Gasteiger partial charge >= 0.3 is 0 Å². The topological polar surface area (TPSA) is 66.5 Å². The number of para-hydroxylation sites is 1. The Balaban J connectivity index is 1.66. The summed E-state index contributed by atoms with van der Waals surface area (Å²) in [4.78, 5) is 37.7. The molecule has 0 saturated carbocycles. The third-order valence-corrected chi connectivity index (χ3v) is 4.24. The van der Waals surface area contributed by atoms with Gasteiger partial charge in [-0.05, 0) is 30.7 Å². The molecule has 5 nitrogen and oxygen atoms in total. The molecule has 122 valence electrons. The second-order valence-electron chi connectivity index (χ2n) is 5.54. The highest BCUT2D eigenvalue weighted by atomic mass is 35.5. The van der Waals surface area contributed by atoms with Gasteiger partial charge in [-0.2, -0.15) is 0 Å². The minimum atomic E-state index is -0.364. The van der Waals surface area contributed by atoms with Crippen molar-refractivity contribution in [1.82, 2.24) is 4.90 Å². The average Bonchev–Trinajstić information content (AvgIpc) is 2.81. The van der Waals surface area contributed by atoms with Crippen LogP contribution >= 0.6 is 11.6 Å². The molecule has 0 bridgehead atoms. The van der Waals surface area contributed by atoms with Crippen molar-refractivity contribution in [1.29, 1.82) is 0 Å². The first-order valence-corrected chi connectivity index (χ1v) is 7.87. The maximum atomic E-state index is 12.2. The highest BCUT2D eigenvalue weighted by Gasteiger charge is 2.34. The fraction of sp³-hybridized carbons (Fsp3) is 0.167. The molecule has 24 heavy (non-hydrogen) atoms. The van der Waals surface area contributed by atoms with Gasteiger partial charge < -0.3 is 5.32 Å². The molecule has 0 radical (unpaired) electrons. The second kappa shape index (κ2) is 6.45. The van der Waals surface area contributed by atoms with Gasteiger partial charge in [-0.3, -0.25) is 19.3 Å². The number of carbonyl (C=O) groups excluding carboxylic acids is 3. The van der Waals surface area contributed by atoms with Crippen molar-refractivity contribution in [3.63, 3.8) is 0 Å². The van der Waals surface area contributed by atoms with Crippen molar-refractivity contribution >= 4 is 35.0 Å². The molecular formula is C18H15ClN2O3. The molecule has 3 rings (SSSR count). The number of nitrogens with zero attached hydrogens (tertiary/aromatic N) is 1. The highest BCUT2D eigenvalue weighted by molar-refractivity contribution is 6.34. The number of nitrogens with one attached hydrogen (secondary N) is 1. The van der Waals surface area contributed by atoms with Gasteiger partial charge in [0, 0.05) is 13.0 Å². The molecule has 1 heterocycles. The van der Waals surface area contributed by atoms with E-state index in [9.17, 15) is 14.4 Å². The Hall–Kier alpha value is -2.66. The van der Waals surface area contributed by atoms with Crippen molar-refractivity contribution in [3.05, 3.63) is 64.2 Å². The monoisotopic (exact) mass is 342 g/mol. The molecule has 1 aliphatic heterocycles. The van der Waals surface area contributed by atoms with Crippen molar-refractivity contribution in [2.45, 2.75) is 13.3 Å². The molecule has 0 aliphatic carbocycles. The van der Waals surface area contributed by atoms with Gasteiger partial charge in [0.1, 0.15) is 0 Å². The number of halogens is 1. The fourth-order valence-corrected chi connectivity index (χ4v) is 2.92. The van der Waals surface area contributed by atoms with Crippen LogP contribution in [-0.2, 0) is 4.79 Å². The first-order valence-electron chi connectivity index (χ1n) is 7.49. The van der Waals surface area contributed by atoms with E-state index >= 15 is 0 Å². The van der Waals surface area contributed by atoms with E-state index in [1.165, 1.54) is 0 Å². The number of fused-ring (bicyclic) bond motifs is 1. The van der Waals surface area contributed by atoms with E-state index in [0.717, 1.165) is 10.5 Å². The molecule has 3 amide bonds. The van der Waals surface area contributed by atoms with Crippen LogP contribution in [0.4, 0.5) is 5.69 Å². The van der Waals surface area contributed by atoms with Gasteiger partial charge in [-0.15, -0.1) is 0 Å². The summed E-state index contributed by atoms with van der Waals surface area (Å²) in [6.07, 6.45) is 0.0101. The molecule has 0 atom stereocenters. The van der Waals surface area contributed by atoms with Crippen molar-refractivity contribution < 1.29 is 14.4 Å². The van der Waals surface area contributed by atoms with E-state index in [-0.39, 0.29) is 30.7 Å². The molecule has 2 aromatic rings. The minimum absolute atomic E-state index is 0.0101. The zero-order chi connectivity index (χ0) is 17.3. The quantitative estimate of drug-likeness (QED) is 0.867. The Morgan fingerprint density at radius 1 is 1.04 bits per heavy atom. The summed E-state index contributed by atoms with van der Waals surface area (Å²) in [6.45, 7) is 1.87. The molecule has 0 spiro atoms. The van der Waals surface area contributed by atoms with Gasteiger partial charge in [0.15, 0.2) is 0 Å². The van der Waals surface area contributed by atoms with Gasteiger partial charge in [-0.1, -0.05) is 35.9 Å². The number of hydrogen-bond acceptors (Lipinski definition) is 3. The minimum Gasteiger partial charge on any atom is -0.324 e. The normalized spacial score (nSPS) is 13.2. The number of imide groups is 1. The van der Waals surface area contributed by atoms with Crippen molar-refractivity contribution in [3.8, 4) is 0 Å². The summed E-state index contributed by atoms with van der Waals surface area (Å²) in [5.74, 6) is -1.03. The molecule has 0 unspecified atom stereocenters. The smallest absolute Gasteiger partial charge is 0.261 e. The highest BCUT2D eigenvalue weighted by Crippen LogP contribution is 2.26. The summed E-state index contributed by atoms with van der Waals surface area (Å²) in [6, 6.07) is 12.0. The summed E-state index contributed by atoms with van der Waals surface area (Å²) < 4.78 is 0. The van der Waals surface area contributed by atoms with E-state index in [0.29, 0.717) is 21.8 Å². The standard InChI is InChI=1S/C18H15ClN2O3/c1-11-5-4-8-14(19)16(11)20-15(22)9-10-21-17(23)12-6-2-3-7-13(12)18(21)24/h2-8H,9-10H2,1H3,(H,20,22). The number of carbonyl (C=O) groups is 3. The largest absolute Gasteiger partial charge is 0.324 e. The molecule has 0 aromatic heterocycles. The van der Waals surface area contributed by atoms with E-state index in [4.69, 9.17) is 11.6 Å². The molecule has 1 aliphatic rings. The van der Waals surface area contributed by atoms with Crippen LogP contribution in [0.3, 0.4) is 0 Å². The SMILES string of the molecule is Cc1cccc(Cl)c1NC(=O)CCN1C(=O)c2ccccc2C1=O. The van der Waals surface area contributed by atoms with Crippen LogP contribution in [0.1, 0.15) is 32.7 Å². The predicted octanol–water partition coefficient (Wildman–Crippen LogP) is 3.27. The Labute approximate surface area is 144 Å². The molecule has 0 saturated heterocycles. The zero-order valence-electron chi connectivity index (χ0n) is 13.0. The first kappa shape index (κ1) is 16.2. The number of hydrogen-bond donors (Lipinski definition) is 1. The number of benzene rings is 2. The second-order valence-corrected chi connectivity index (χ2v) is 5.94. The predicted molar refractivity (Wildman–Crippen MR) is 91.2 cm³/mol. The lowest BCUT2D eigenvalue weighted by molar-refractivity contribution is -0.116. The van der Waals surface area contributed by atoms with Crippen molar-refractivity contribution in [2.75, 3.05) is 11.9 Å². The van der Waals surface area contributed by atoms with Crippen LogP contribution in [0.2, 0.25) is 5.02 Å². The van der Waals surface area contributed by atoms with Crippen LogP contribution in [0, 0.1) is 6.92 Å². The summed E-state index contributed by atoms with van der Waals surface area (Å²) in [7, 11) is 0. The number of anilines is 1. The van der Waals surface area contributed by atoms with Crippen molar-refractivity contribution in [2.24, 2.45) is 0 Å².